The maximum Gasteiger partial charge on any atom is 0.240 e. The minimum atomic E-state index is -0.252. The Balaban J connectivity index is 1.51. The zero-order valence-corrected chi connectivity index (χ0v) is 19.2. The van der Waals surface area contributed by atoms with E-state index in [1.54, 1.807) is 16.7 Å². The number of amides is 2. The molecule has 0 aliphatic heterocycles. The van der Waals surface area contributed by atoms with Crippen LogP contribution in [0.3, 0.4) is 0 Å². The molecule has 32 heavy (non-hydrogen) atoms. The van der Waals surface area contributed by atoms with Gasteiger partial charge in [0.2, 0.25) is 11.8 Å². The van der Waals surface area contributed by atoms with Gasteiger partial charge >= 0.3 is 0 Å². The van der Waals surface area contributed by atoms with Crippen LogP contribution in [0.4, 0.5) is 0 Å². The summed E-state index contributed by atoms with van der Waals surface area (Å²) in [4.78, 5) is 28.9. The van der Waals surface area contributed by atoms with Gasteiger partial charge in [0.05, 0.1) is 24.3 Å². The molecule has 0 atom stereocenters. The van der Waals surface area contributed by atoms with Crippen LogP contribution in [-0.4, -0.2) is 32.2 Å². The summed E-state index contributed by atoms with van der Waals surface area (Å²) < 4.78 is 1.62. The van der Waals surface area contributed by atoms with Gasteiger partial charge in [0.1, 0.15) is 6.54 Å². The summed E-state index contributed by atoms with van der Waals surface area (Å²) in [7, 11) is 0. The molecule has 0 radical (unpaired) electrons. The van der Waals surface area contributed by atoms with Gasteiger partial charge in [-0.05, 0) is 30.2 Å². The fraction of sp³-hybridized carbons (Fsp3) is 0.261. The molecule has 2 aromatic carbocycles. The predicted molar refractivity (Wildman–Crippen MR) is 125 cm³/mol. The summed E-state index contributed by atoms with van der Waals surface area (Å²) in [5.74, 6) is -0.207. The number of hydrogen-bond acceptors (Lipinski definition) is 5. The molecular weight excluding hydrogens is 448 g/mol. The van der Waals surface area contributed by atoms with Gasteiger partial charge in [-0.25, -0.2) is 4.98 Å². The smallest absolute Gasteiger partial charge is 0.240 e. The standard InChI is InChI=1S/C23H25ClN4O3S/c1-16-2-4-17(5-3-16)11-26-22(31)15-32-23-27-12-20(14-29)28(23)13-21(30)25-10-18-6-8-19(24)9-7-18/h2-9,12,29H,10-11,13-15H2,1H3,(H,25,30)(H,26,31). The third-order valence-electron chi connectivity index (χ3n) is 4.71. The second-order valence-corrected chi connectivity index (χ2v) is 8.61. The number of aliphatic hydroxyl groups is 1. The Kier molecular flexibility index (Phi) is 8.72. The molecule has 0 bridgehead atoms. The van der Waals surface area contributed by atoms with Gasteiger partial charge < -0.3 is 20.3 Å². The third kappa shape index (κ3) is 7.12. The van der Waals surface area contributed by atoms with E-state index in [9.17, 15) is 14.7 Å². The quantitative estimate of drug-likeness (QED) is 0.394. The van der Waals surface area contributed by atoms with Gasteiger partial charge in [0.15, 0.2) is 5.16 Å². The highest BCUT2D eigenvalue weighted by molar-refractivity contribution is 7.99. The summed E-state index contributed by atoms with van der Waals surface area (Å²) in [6, 6.07) is 15.2. The highest BCUT2D eigenvalue weighted by atomic mass is 35.5. The Labute approximate surface area is 196 Å². The van der Waals surface area contributed by atoms with Crippen molar-refractivity contribution < 1.29 is 14.7 Å². The maximum absolute atomic E-state index is 12.4. The van der Waals surface area contributed by atoms with Crippen LogP contribution in [0, 0.1) is 6.92 Å². The van der Waals surface area contributed by atoms with E-state index in [0.29, 0.717) is 29.0 Å². The van der Waals surface area contributed by atoms with E-state index in [0.717, 1.165) is 11.1 Å². The molecule has 2 amide bonds. The molecule has 9 heteroatoms. The molecule has 0 aliphatic carbocycles. The SMILES string of the molecule is Cc1ccc(CNC(=O)CSc2ncc(CO)n2CC(=O)NCc2ccc(Cl)cc2)cc1. The number of thioether (sulfide) groups is 1. The van der Waals surface area contributed by atoms with Crippen molar-refractivity contribution in [3.8, 4) is 0 Å². The van der Waals surface area contributed by atoms with Crippen LogP contribution >= 0.6 is 23.4 Å². The first kappa shape index (κ1) is 23.8. The second kappa shape index (κ2) is 11.7. The normalized spacial score (nSPS) is 10.7. The van der Waals surface area contributed by atoms with Crippen LogP contribution < -0.4 is 10.6 Å². The fourth-order valence-corrected chi connectivity index (χ4v) is 3.85. The average molecular weight is 473 g/mol. The largest absolute Gasteiger partial charge is 0.390 e. The highest BCUT2D eigenvalue weighted by Crippen LogP contribution is 2.19. The van der Waals surface area contributed by atoms with E-state index < -0.39 is 0 Å². The van der Waals surface area contributed by atoms with Crippen LogP contribution in [0.25, 0.3) is 0 Å². The molecule has 0 aliphatic rings. The number of nitrogens with one attached hydrogen (secondary N) is 2. The number of aromatic nitrogens is 2. The van der Waals surface area contributed by atoms with Gasteiger partial charge in [-0.2, -0.15) is 0 Å². The van der Waals surface area contributed by atoms with Crippen molar-refractivity contribution in [2.45, 2.75) is 38.3 Å². The lowest BCUT2D eigenvalue weighted by atomic mass is 10.1. The molecule has 3 rings (SSSR count). The summed E-state index contributed by atoms with van der Waals surface area (Å²) in [5.41, 5.74) is 3.62. The zero-order chi connectivity index (χ0) is 22.9. The first-order chi connectivity index (χ1) is 15.4. The van der Waals surface area contributed by atoms with Crippen molar-refractivity contribution in [1.29, 1.82) is 0 Å². The van der Waals surface area contributed by atoms with Crippen LogP contribution in [0.15, 0.2) is 59.9 Å². The third-order valence-corrected chi connectivity index (χ3v) is 5.95. The first-order valence-corrected chi connectivity index (χ1v) is 11.4. The molecule has 3 aromatic rings. The number of benzene rings is 2. The summed E-state index contributed by atoms with van der Waals surface area (Å²) in [5, 5.41) is 16.4. The van der Waals surface area contributed by atoms with Crippen molar-refractivity contribution in [1.82, 2.24) is 20.2 Å². The molecule has 168 valence electrons. The Morgan fingerprint density at radius 2 is 1.59 bits per heavy atom. The van der Waals surface area contributed by atoms with E-state index in [4.69, 9.17) is 11.6 Å². The molecule has 3 N–H and O–H groups in total. The first-order valence-electron chi connectivity index (χ1n) is 10.1. The Hall–Kier alpha value is -2.81. The monoisotopic (exact) mass is 472 g/mol. The van der Waals surface area contributed by atoms with Crippen LogP contribution in [0.2, 0.25) is 5.02 Å². The van der Waals surface area contributed by atoms with Crippen molar-refractivity contribution in [3.63, 3.8) is 0 Å². The molecule has 0 unspecified atom stereocenters. The summed E-state index contributed by atoms with van der Waals surface area (Å²) in [6.45, 7) is 2.57. The summed E-state index contributed by atoms with van der Waals surface area (Å²) >= 11 is 7.10. The lowest BCUT2D eigenvalue weighted by Crippen LogP contribution is -2.28. The number of carbonyl (C=O) groups excluding carboxylic acids is 2. The number of carbonyl (C=O) groups is 2. The van der Waals surface area contributed by atoms with E-state index in [1.165, 1.54) is 23.5 Å². The minimum absolute atomic E-state index is 0.00317. The van der Waals surface area contributed by atoms with Crippen molar-refractivity contribution in [3.05, 3.63) is 82.1 Å². The zero-order valence-electron chi connectivity index (χ0n) is 17.7. The predicted octanol–water partition coefficient (Wildman–Crippen LogP) is 3.06. The fourth-order valence-electron chi connectivity index (χ4n) is 2.89. The Morgan fingerprint density at radius 1 is 1.00 bits per heavy atom. The Bertz CT molecular complexity index is 1050. The maximum atomic E-state index is 12.4. The lowest BCUT2D eigenvalue weighted by Gasteiger charge is -2.11. The number of halogens is 1. The van der Waals surface area contributed by atoms with E-state index in [1.807, 2.05) is 43.3 Å². The number of rotatable bonds is 10. The van der Waals surface area contributed by atoms with Crippen LogP contribution in [-0.2, 0) is 35.8 Å². The van der Waals surface area contributed by atoms with Gasteiger partial charge in [-0.1, -0.05) is 65.3 Å². The number of hydrogen-bond donors (Lipinski definition) is 3. The molecule has 1 aromatic heterocycles. The number of aliphatic hydroxyl groups excluding tert-OH is 1. The average Bonchev–Trinajstić information content (AvgIpc) is 3.18. The van der Waals surface area contributed by atoms with E-state index in [-0.39, 0.29) is 30.7 Å². The minimum Gasteiger partial charge on any atom is -0.390 e. The molecule has 7 nitrogen and oxygen atoms in total. The van der Waals surface area contributed by atoms with Gasteiger partial charge in [-0.3, -0.25) is 9.59 Å². The molecule has 0 fully saturated rings. The van der Waals surface area contributed by atoms with Crippen molar-refractivity contribution >= 4 is 35.2 Å². The highest BCUT2D eigenvalue weighted by Gasteiger charge is 2.15. The van der Waals surface area contributed by atoms with Crippen molar-refractivity contribution in [2.75, 3.05) is 5.75 Å². The van der Waals surface area contributed by atoms with Gasteiger partial charge in [0.25, 0.3) is 0 Å². The molecular formula is C23H25ClN4O3S. The molecule has 0 saturated heterocycles. The molecule has 1 heterocycles. The van der Waals surface area contributed by atoms with Crippen LogP contribution in [0.5, 0.6) is 0 Å². The topological polar surface area (TPSA) is 96.2 Å². The number of nitrogens with zero attached hydrogens (tertiary/aromatic N) is 2. The number of aryl methyl sites for hydroxylation is 1. The second-order valence-electron chi connectivity index (χ2n) is 7.23. The van der Waals surface area contributed by atoms with Gasteiger partial charge in [0, 0.05) is 18.1 Å². The lowest BCUT2D eigenvalue weighted by molar-refractivity contribution is -0.122. The Morgan fingerprint density at radius 3 is 2.22 bits per heavy atom. The number of imidazole rings is 1. The van der Waals surface area contributed by atoms with E-state index >= 15 is 0 Å². The molecule has 0 saturated carbocycles. The summed E-state index contributed by atoms with van der Waals surface area (Å²) in [6.07, 6.45) is 1.51. The molecule has 0 spiro atoms. The van der Waals surface area contributed by atoms with Crippen LogP contribution in [0.1, 0.15) is 22.4 Å². The van der Waals surface area contributed by atoms with Crippen molar-refractivity contribution in [2.24, 2.45) is 0 Å². The van der Waals surface area contributed by atoms with E-state index in [2.05, 4.69) is 15.6 Å². The van der Waals surface area contributed by atoms with Gasteiger partial charge in [-0.15, -0.1) is 0 Å².